The highest BCUT2D eigenvalue weighted by Crippen LogP contribution is 2.40. The largest absolute Gasteiger partial charge is 0.353 e. The highest BCUT2D eigenvalue weighted by molar-refractivity contribution is 6.05. The van der Waals surface area contributed by atoms with Crippen LogP contribution in [0.3, 0.4) is 0 Å². The van der Waals surface area contributed by atoms with Crippen LogP contribution >= 0.6 is 0 Å². The number of Topliss-reactive ketones (excluding diaryl/α,β-unsaturated/α-hetero) is 1. The maximum absolute atomic E-state index is 13.1. The lowest BCUT2D eigenvalue weighted by atomic mass is 9.72. The first-order valence-corrected chi connectivity index (χ1v) is 17.1. The van der Waals surface area contributed by atoms with Gasteiger partial charge in [0.2, 0.25) is 23.6 Å². The number of amides is 7. The third-order valence-electron chi connectivity index (χ3n) is 9.26. The van der Waals surface area contributed by atoms with Crippen LogP contribution in [0.2, 0.25) is 0 Å². The van der Waals surface area contributed by atoms with Crippen molar-refractivity contribution in [2.75, 3.05) is 13.1 Å². The molecular weight excluding hydrogens is 632 g/mol. The molecule has 0 bridgehead atoms. The standard InChI is InChI=1S/C35H54N6O8/c1-8-29(49-34(5,6)9-2)39-28(44)22-36-31(46)26(19-23-15-13-12-14-16-23)38-27(43)18-17-24(42)21-37-33(48)40-41-30(45)20-25(32(41)47)35(7,10-3)11-4/h12-16,25-26,29H,8-11,17-22H2,1-7H3,(H,36,46)(H,38,43)(H,39,44)(H2,37,40,48). The van der Waals surface area contributed by atoms with Crippen LogP contribution in [-0.2, 0) is 39.9 Å². The third-order valence-corrected chi connectivity index (χ3v) is 9.26. The average Bonchev–Trinajstić information content (AvgIpc) is 3.36. The zero-order valence-corrected chi connectivity index (χ0v) is 29.9. The van der Waals surface area contributed by atoms with Crippen LogP contribution in [0.5, 0.6) is 0 Å². The fourth-order valence-corrected chi connectivity index (χ4v) is 5.23. The predicted octanol–water partition coefficient (Wildman–Crippen LogP) is 2.65. The first-order valence-electron chi connectivity index (χ1n) is 17.1. The molecule has 3 atom stereocenters. The number of carbonyl (C=O) groups excluding carboxylic acids is 7. The van der Waals surface area contributed by atoms with Crippen LogP contribution in [0.4, 0.5) is 4.79 Å². The number of nitrogens with one attached hydrogen (secondary N) is 5. The maximum atomic E-state index is 13.1. The smallest absolute Gasteiger partial charge is 0.334 e. The molecule has 0 aliphatic carbocycles. The SMILES string of the molecule is CCC(NC(=O)CNC(=O)C(Cc1ccccc1)NC(=O)CCC(=O)CNC(=O)NN1C(=O)CC(C(C)(CC)CC)C1=O)OC(C)(C)CC. The molecule has 1 aliphatic heterocycles. The summed E-state index contributed by atoms with van der Waals surface area (Å²) in [5.74, 6) is -3.64. The van der Waals surface area contributed by atoms with E-state index in [4.69, 9.17) is 4.74 Å². The topological polar surface area (TPSA) is 192 Å². The first kappa shape index (κ1) is 40.8. The Morgan fingerprint density at radius 3 is 2.10 bits per heavy atom. The number of hydrogen-bond acceptors (Lipinski definition) is 8. The molecule has 0 aromatic heterocycles. The number of benzene rings is 1. The Morgan fingerprint density at radius 2 is 1.51 bits per heavy atom. The van der Waals surface area contributed by atoms with E-state index in [0.717, 1.165) is 12.0 Å². The van der Waals surface area contributed by atoms with Gasteiger partial charge in [0.05, 0.1) is 24.6 Å². The van der Waals surface area contributed by atoms with Gasteiger partial charge in [-0.15, -0.1) is 0 Å². The summed E-state index contributed by atoms with van der Waals surface area (Å²) in [6.45, 7) is 12.8. The second-order valence-corrected chi connectivity index (χ2v) is 13.2. The minimum atomic E-state index is -1.03. The average molecular weight is 687 g/mol. The summed E-state index contributed by atoms with van der Waals surface area (Å²) in [5.41, 5.74) is 2.18. The minimum absolute atomic E-state index is 0.00631. The Kier molecular flexibility index (Phi) is 15.8. The Bertz CT molecular complexity index is 1330. The van der Waals surface area contributed by atoms with Gasteiger partial charge in [-0.25, -0.2) is 10.2 Å². The minimum Gasteiger partial charge on any atom is -0.353 e. The second-order valence-electron chi connectivity index (χ2n) is 13.2. The van der Waals surface area contributed by atoms with E-state index in [1.165, 1.54) is 0 Å². The third kappa shape index (κ3) is 12.9. The molecule has 2 rings (SSSR count). The van der Waals surface area contributed by atoms with E-state index in [0.29, 0.717) is 24.3 Å². The van der Waals surface area contributed by atoms with Gasteiger partial charge in [0.15, 0.2) is 5.78 Å². The van der Waals surface area contributed by atoms with Crippen molar-refractivity contribution >= 4 is 41.4 Å². The van der Waals surface area contributed by atoms with Gasteiger partial charge in [-0.1, -0.05) is 65.0 Å². The van der Waals surface area contributed by atoms with Crippen molar-refractivity contribution in [2.24, 2.45) is 11.3 Å². The van der Waals surface area contributed by atoms with Crippen LogP contribution in [-0.4, -0.2) is 77.3 Å². The van der Waals surface area contributed by atoms with Crippen molar-refractivity contribution in [3.05, 3.63) is 35.9 Å². The van der Waals surface area contributed by atoms with Gasteiger partial charge in [0.1, 0.15) is 12.3 Å². The maximum Gasteiger partial charge on any atom is 0.334 e. The molecule has 0 spiro atoms. The lowest BCUT2D eigenvalue weighted by molar-refractivity contribution is -0.143. The second kappa shape index (κ2) is 19.0. The fourth-order valence-electron chi connectivity index (χ4n) is 5.23. The normalized spacial score (nSPS) is 16.1. The van der Waals surface area contributed by atoms with E-state index in [2.05, 4.69) is 26.7 Å². The van der Waals surface area contributed by atoms with Crippen LogP contribution in [0.1, 0.15) is 99.0 Å². The molecule has 1 aromatic rings. The Morgan fingerprint density at radius 1 is 0.857 bits per heavy atom. The van der Waals surface area contributed by atoms with Crippen molar-refractivity contribution in [1.82, 2.24) is 31.7 Å². The number of urea groups is 1. The van der Waals surface area contributed by atoms with Gasteiger partial charge in [-0.05, 0) is 50.5 Å². The number of rotatable bonds is 20. The zero-order valence-electron chi connectivity index (χ0n) is 29.9. The molecule has 1 aromatic carbocycles. The number of hydrazine groups is 1. The number of carbonyl (C=O) groups is 7. The monoisotopic (exact) mass is 686 g/mol. The van der Waals surface area contributed by atoms with Crippen LogP contribution in [0.25, 0.3) is 0 Å². The lowest BCUT2D eigenvalue weighted by Gasteiger charge is -2.31. The number of hydrogen-bond donors (Lipinski definition) is 5. The van der Waals surface area contributed by atoms with E-state index in [1.807, 2.05) is 54.5 Å². The summed E-state index contributed by atoms with van der Waals surface area (Å²) in [4.78, 5) is 88.7. The summed E-state index contributed by atoms with van der Waals surface area (Å²) in [6, 6.07) is 7.09. The molecule has 14 heteroatoms. The van der Waals surface area contributed by atoms with Crippen LogP contribution in [0, 0.1) is 11.3 Å². The summed E-state index contributed by atoms with van der Waals surface area (Å²) < 4.78 is 5.95. The van der Waals surface area contributed by atoms with Crippen LogP contribution < -0.4 is 26.7 Å². The van der Waals surface area contributed by atoms with Crippen molar-refractivity contribution < 1.29 is 38.3 Å². The molecule has 272 valence electrons. The van der Waals surface area contributed by atoms with Crippen molar-refractivity contribution in [3.8, 4) is 0 Å². The van der Waals surface area contributed by atoms with Crippen molar-refractivity contribution in [2.45, 2.75) is 118 Å². The number of ether oxygens (including phenoxy) is 1. The molecule has 1 saturated heterocycles. The Labute approximate surface area is 289 Å². The first-order chi connectivity index (χ1) is 23.1. The van der Waals surface area contributed by atoms with E-state index >= 15 is 0 Å². The molecule has 49 heavy (non-hydrogen) atoms. The molecule has 3 unspecified atom stereocenters. The molecule has 5 N–H and O–H groups in total. The van der Waals surface area contributed by atoms with Gasteiger partial charge in [-0.2, -0.15) is 5.01 Å². The lowest BCUT2D eigenvalue weighted by Crippen LogP contribution is -2.52. The summed E-state index contributed by atoms with van der Waals surface area (Å²) in [6.07, 6.45) is 1.77. The summed E-state index contributed by atoms with van der Waals surface area (Å²) in [7, 11) is 0. The summed E-state index contributed by atoms with van der Waals surface area (Å²) in [5, 5.41) is 11.0. The van der Waals surface area contributed by atoms with Gasteiger partial charge in [0, 0.05) is 25.7 Å². The highest BCUT2D eigenvalue weighted by atomic mass is 16.5. The number of ketones is 1. The summed E-state index contributed by atoms with van der Waals surface area (Å²) >= 11 is 0. The number of nitrogens with zero attached hydrogens (tertiary/aromatic N) is 1. The molecule has 7 amide bonds. The van der Waals surface area contributed by atoms with Crippen molar-refractivity contribution in [1.29, 1.82) is 0 Å². The molecule has 1 heterocycles. The molecule has 14 nitrogen and oxygen atoms in total. The molecular formula is C35H54N6O8. The molecule has 0 saturated carbocycles. The zero-order chi connectivity index (χ0) is 36.8. The molecule has 1 aliphatic rings. The van der Waals surface area contributed by atoms with E-state index in [-0.39, 0.29) is 37.6 Å². The molecule has 1 fully saturated rings. The van der Waals surface area contributed by atoms with Crippen LogP contribution in [0.15, 0.2) is 30.3 Å². The van der Waals surface area contributed by atoms with Crippen molar-refractivity contribution in [3.63, 3.8) is 0 Å². The fraction of sp³-hybridized carbons (Fsp3) is 0.629. The van der Waals surface area contributed by atoms with Gasteiger partial charge < -0.3 is 26.0 Å². The van der Waals surface area contributed by atoms with E-state index in [1.54, 1.807) is 24.3 Å². The van der Waals surface area contributed by atoms with Gasteiger partial charge in [0.25, 0.3) is 5.91 Å². The number of imide groups is 1. The quantitative estimate of drug-likeness (QED) is 0.102. The predicted molar refractivity (Wildman–Crippen MR) is 182 cm³/mol. The van der Waals surface area contributed by atoms with E-state index in [9.17, 15) is 33.6 Å². The highest BCUT2D eigenvalue weighted by Gasteiger charge is 2.48. The molecule has 0 radical (unpaired) electrons. The Hall–Kier alpha value is -4.33. The van der Waals surface area contributed by atoms with Gasteiger partial charge in [-0.3, -0.25) is 28.8 Å². The van der Waals surface area contributed by atoms with E-state index < -0.39 is 71.7 Å². The van der Waals surface area contributed by atoms with Gasteiger partial charge >= 0.3 is 6.03 Å². The Balaban J connectivity index is 1.88.